The van der Waals surface area contributed by atoms with Gasteiger partial charge in [-0.3, -0.25) is 39.0 Å². The number of alkyl halides is 3. The molecule has 3 aliphatic rings. The number of benzene rings is 2. The molecule has 1 atom stereocenters. The van der Waals surface area contributed by atoms with Crippen molar-refractivity contribution in [3.63, 3.8) is 0 Å². The van der Waals surface area contributed by atoms with E-state index in [1.54, 1.807) is 30.2 Å². The fraction of sp³-hybridized carbons (Fsp3) is 0.510. The third-order valence-electron chi connectivity index (χ3n) is 12.3. The number of pyridine rings is 1. The van der Waals surface area contributed by atoms with Crippen LogP contribution in [-0.4, -0.2) is 156 Å². The molecule has 2 aliphatic heterocycles. The van der Waals surface area contributed by atoms with E-state index in [-0.39, 0.29) is 80.5 Å². The molecule has 2 aromatic carbocycles. The second-order valence-electron chi connectivity index (χ2n) is 17.4. The van der Waals surface area contributed by atoms with Crippen LogP contribution in [0, 0.1) is 11.8 Å². The maximum Gasteiger partial charge on any atom is 0.391 e. The molecule has 18 nitrogen and oxygen atoms in total. The predicted octanol–water partition coefficient (Wildman–Crippen LogP) is 4.97. The minimum atomic E-state index is -4.16. The van der Waals surface area contributed by atoms with Crippen LogP contribution in [0.25, 0.3) is 6.08 Å². The first-order valence-electron chi connectivity index (χ1n) is 24.0. The quantitative estimate of drug-likeness (QED) is 0.0728. The Balaban J connectivity index is 0.743. The van der Waals surface area contributed by atoms with Crippen molar-refractivity contribution >= 4 is 41.5 Å². The van der Waals surface area contributed by atoms with Gasteiger partial charge in [0.2, 0.25) is 17.7 Å². The van der Waals surface area contributed by atoms with Gasteiger partial charge in [-0.1, -0.05) is 36.4 Å². The van der Waals surface area contributed by atoms with Crippen LogP contribution in [0.5, 0.6) is 11.5 Å². The summed E-state index contributed by atoms with van der Waals surface area (Å²) in [6.07, 6.45) is 2.30. The number of nitrogens with one attached hydrogen (secondary N) is 2. The Hall–Kier alpha value is -6.26. The molecule has 0 radical (unpaired) electrons. The SMILES string of the molecule is COc1cnc(C(=O)NCc2cccc(CC(=O)N(C)CCOCCOCCOCCOCCOCCOc3ccc4c(c3)C(=O)N(C3CCC(=O)NC3=O)C4=O)c2)cc1C=CC1CCC(C(F)(F)F)CC1. The topological polar surface area (TPSA) is 210 Å². The Bertz CT molecular complexity index is 2380. The number of imide groups is 2. The Labute approximate surface area is 415 Å². The number of allylic oxidation sites excluding steroid dienone is 1. The molecule has 1 saturated carbocycles. The summed E-state index contributed by atoms with van der Waals surface area (Å²) >= 11 is 0. The van der Waals surface area contributed by atoms with Crippen LogP contribution in [0.2, 0.25) is 0 Å². The monoisotopic (exact) mass is 1010 g/mol. The van der Waals surface area contributed by atoms with Crippen molar-refractivity contribution in [3.05, 3.63) is 94.3 Å². The average molecular weight is 1010 g/mol. The highest BCUT2D eigenvalue weighted by atomic mass is 19.4. The average Bonchev–Trinajstić information content (AvgIpc) is 3.61. The number of carbonyl (C=O) groups is 6. The molecule has 2 fully saturated rings. The molecule has 72 heavy (non-hydrogen) atoms. The summed E-state index contributed by atoms with van der Waals surface area (Å²) in [4.78, 5) is 82.4. The number of amides is 6. The summed E-state index contributed by atoms with van der Waals surface area (Å²) in [6, 6.07) is 12.4. The van der Waals surface area contributed by atoms with Gasteiger partial charge >= 0.3 is 6.18 Å². The van der Waals surface area contributed by atoms with E-state index >= 15 is 0 Å². The van der Waals surface area contributed by atoms with Crippen molar-refractivity contribution in [2.45, 2.75) is 63.7 Å². The highest BCUT2D eigenvalue weighted by Crippen LogP contribution is 2.40. The van der Waals surface area contributed by atoms with Crippen molar-refractivity contribution in [2.24, 2.45) is 11.8 Å². The van der Waals surface area contributed by atoms with Crippen molar-refractivity contribution in [1.82, 2.24) is 25.4 Å². The Morgan fingerprint density at radius 3 is 2.06 bits per heavy atom. The number of methoxy groups -OCH3 is 1. The van der Waals surface area contributed by atoms with Crippen LogP contribution in [-0.2, 0) is 51.0 Å². The van der Waals surface area contributed by atoms with Gasteiger partial charge < -0.3 is 43.4 Å². The highest BCUT2D eigenvalue weighted by molar-refractivity contribution is 6.23. The molecule has 3 aromatic rings. The molecular weight excluding hydrogens is 948 g/mol. The van der Waals surface area contributed by atoms with E-state index in [0.29, 0.717) is 95.9 Å². The van der Waals surface area contributed by atoms with E-state index in [9.17, 15) is 41.9 Å². The summed E-state index contributed by atoms with van der Waals surface area (Å²) in [7, 11) is 3.19. The molecule has 6 rings (SSSR count). The van der Waals surface area contributed by atoms with E-state index in [1.165, 1.54) is 25.4 Å². The van der Waals surface area contributed by atoms with Gasteiger partial charge in [-0.15, -0.1) is 0 Å². The van der Waals surface area contributed by atoms with Crippen LogP contribution in [0.15, 0.2) is 60.8 Å². The molecule has 6 amide bonds. The van der Waals surface area contributed by atoms with Gasteiger partial charge in [0.25, 0.3) is 17.7 Å². The molecule has 21 heteroatoms. The number of carbonyl (C=O) groups excluding carboxylic acids is 6. The third-order valence-corrected chi connectivity index (χ3v) is 12.3. The van der Waals surface area contributed by atoms with E-state index in [4.69, 9.17) is 33.2 Å². The maximum absolute atomic E-state index is 13.1. The van der Waals surface area contributed by atoms with Crippen LogP contribution in [0.3, 0.4) is 0 Å². The van der Waals surface area contributed by atoms with Crippen molar-refractivity contribution in [2.75, 3.05) is 93.4 Å². The van der Waals surface area contributed by atoms with E-state index < -0.39 is 47.7 Å². The molecule has 1 aromatic heterocycles. The Morgan fingerprint density at radius 2 is 1.42 bits per heavy atom. The summed E-state index contributed by atoms with van der Waals surface area (Å²) in [6.45, 7) is 4.24. The first-order chi connectivity index (χ1) is 34.7. The number of hydrogen-bond acceptors (Lipinski definition) is 14. The first-order valence-corrected chi connectivity index (χ1v) is 24.0. The lowest BCUT2D eigenvalue weighted by atomic mass is 9.81. The fourth-order valence-electron chi connectivity index (χ4n) is 8.26. The molecular formula is C51H62F3N5O13. The largest absolute Gasteiger partial charge is 0.495 e. The van der Waals surface area contributed by atoms with Crippen LogP contribution >= 0.6 is 0 Å². The number of rotatable bonds is 28. The predicted molar refractivity (Wildman–Crippen MR) is 253 cm³/mol. The number of nitrogens with zero attached hydrogens (tertiary/aromatic N) is 3. The standard InChI is InChI=1S/C51H62F3N5O13/c1-58(46(61)29-35-4-3-5-36(28-35)32-56-47(62)42-30-37(44(66-2)33-55-42)9-6-34-7-10-38(11-8-34)51(52,53)54)16-17-67-18-19-68-20-21-69-22-23-70-24-25-71-26-27-72-39-12-13-40-41(31-39)50(65)59(49(40)64)43-14-15-45(60)57-48(43)63/h3-6,9,12-13,28,30-31,33-34,38,43H,7-8,10-11,14-27,29,32H2,1-2H3,(H,56,62)(H,57,60,63). The Morgan fingerprint density at radius 1 is 0.792 bits per heavy atom. The normalized spacial score (nSPS) is 18.1. The summed E-state index contributed by atoms with van der Waals surface area (Å²) in [5.41, 5.74) is 2.66. The zero-order valence-electron chi connectivity index (χ0n) is 40.5. The van der Waals surface area contributed by atoms with Gasteiger partial charge in [0.1, 0.15) is 29.8 Å². The lowest BCUT2D eigenvalue weighted by Crippen LogP contribution is -2.54. The molecule has 0 spiro atoms. The number of likely N-dealkylation sites (N-methyl/N-ethyl adjacent to an activating group) is 1. The van der Waals surface area contributed by atoms with Gasteiger partial charge in [-0.2, -0.15) is 13.2 Å². The van der Waals surface area contributed by atoms with E-state index in [0.717, 1.165) is 16.0 Å². The van der Waals surface area contributed by atoms with Crippen molar-refractivity contribution in [1.29, 1.82) is 0 Å². The van der Waals surface area contributed by atoms with E-state index in [1.807, 2.05) is 30.3 Å². The summed E-state index contributed by atoms with van der Waals surface area (Å²) in [5, 5.41) is 5.04. The van der Waals surface area contributed by atoms with Gasteiger partial charge in [0.05, 0.1) is 103 Å². The fourth-order valence-corrected chi connectivity index (χ4v) is 8.26. The van der Waals surface area contributed by atoms with Gasteiger partial charge in [-0.05, 0) is 73.4 Å². The third kappa shape index (κ3) is 16.4. The first kappa shape index (κ1) is 55.1. The zero-order valence-corrected chi connectivity index (χ0v) is 40.5. The van der Waals surface area contributed by atoms with Crippen LogP contribution < -0.4 is 20.1 Å². The van der Waals surface area contributed by atoms with Crippen LogP contribution in [0.4, 0.5) is 13.2 Å². The minimum Gasteiger partial charge on any atom is -0.495 e. The van der Waals surface area contributed by atoms with E-state index in [2.05, 4.69) is 15.6 Å². The van der Waals surface area contributed by atoms with Gasteiger partial charge in [0.15, 0.2) is 0 Å². The van der Waals surface area contributed by atoms with Crippen LogP contribution in [0.1, 0.15) is 86.4 Å². The minimum absolute atomic E-state index is 0.00381. The zero-order chi connectivity index (χ0) is 51.5. The van der Waals surface area contributed by atoms with Crippen molar-refractivity contribution in [3.8, 4) is 11.5 Å². The lowest BCUT2D eigenvalue weighted by Gasteiger charge is -2.28. The highest BCUT2D eigenvalue weighted by Gasteiger charge is 2.45. The molecule has 0 bridgehead atoms. The molecule has 2 N–H and O–H groups in total. The summed E-state index contributed by atoms with van der Waals surface area (Å²) < 4.78 is 78.1. The second kappa shape index (κ2) is 27.5. The molecule has 1 unspecified atom stereocenters. The molecule has 390 valence electrons. The Kier molecular flexibility index (Phi) is 21.1. The molecule has 1 saturated heterocycles. The number of ether oxygens (including phenoxy) is 7. The second-order valence-corrected chi connectivity index (χ2v) is 17.4. The number of halogens is 3. The molecule has 3 heterocycles. The smallest absolute Gasteiger partial charge is 0.391 e. The number of fused-ring (bicyclic) bond motifs is 1. The number of aromatic nitrogens is 1. The maximum atomic E-state index is 13.1. The number of piperidine rings is 1. The van der Waals surface area contributed by atoms with Gasteiger partial charge in [-0.25, -0.2) is 4.98 Å². The number of hydrogen-bond donors (Lipinski definition) is 2. The molecule has 1 aliphatic carbocycles. The van der Waals surface area contributed by atoms with Crippen molar-refractivity contribution < 1.29 is 75.1 Å². The summed E-state index contributed by atoms with van der Waals surface area (Å²) in [5.74, 6) is -3.24. The lowest BCUT2D eigenvalue weighted by molar-refractivity contribution is -0.183. The van der Waals surface area contributed by atoms with Gasteiger partial charge in [0, 0.05) is 32.1 Å².